The van der Waals surface area contributed by atoms with E-state index in [1.807, 2.05) is 6.92 Å². The van der Waals surface area contributed by atoms with E-state index in [-0.39, 0.29) is 15.2 Å². The van der Waals surface area contributed by atoms with Crippen molar-refractivity contribution in [3.63, 3.8) is 0 Å². The highest BCUT2D eigenvalue weighted by Gasteiger charge is 2.15. The molecule has 0 saturated heterocycles. The highest BCUT2D eigenvalue weighted by molar-refractivity contribution is 9.10. The monoisotopic (exact) mass is 343 g/mol. The lowest BCUT2D eigenvalue weighted by Gasteiger charge is -2.10. The van der Waals surface area contributed by atoms with Gasteiger partial charge in [0.15, 0.2) is 11.6 Å². The third-order valence-electron chi connectivity index (χ3n) is 2.49. The number of rotatable bonds is 3. The molecule has 0 aliphatic heterocycles. The van der Waals surface area contributed by atoms with Gasteiger partial charge in [0.05, 0.1) is 10.2 Å². The SMILES string of the molecule is Cc1cc(Oc2ccc(C(N)=S)c(Br)c2F)n(C)n1. The van der Waals surface area contributed by atoms with Crippen molar-refractivity contribution in [3.05, 3.63) is 39.7 Å². The summed E-state index contributed by atoms with van der Waals surface area (Å²) < 4.78 is 21.3. The van der Waals surface area contributed by atoms with Crippen LogP contribution < -0.4 is 10.5 Å². The molecule has 0 aliphatic carbocycles. The Bertz CT molecular complexity index is 657. The smallest absolute Gasteiger partial charge is 0.217 e. The fourth-order valence-electron chi connectivity index (χ4n) is 1.60. The molecule has 100 valence electrons. The van der Waals surface area contributed by atoms with Crippen molar-refractivity contribution in [2.75, 3.05) is 0 Å². The van der Waals surface area contributed by atoms with Gasteiger partial charge in [-0.05, 0) is 35.0 Å². The van der Waals surface area contributed by atoms with Crippen LogP contribution in [0, 0.1) is 12.7 Å². The van der Waals surface area contributed by atoms with E-state index in [0.29, 0.717) is 11.4 Å². The fraction of sp³-hybridized carbons (Fsp3) is 0.167. The molecular formula is C12H11BrFN3OS. The van der Waals surface area contributed by atoms with Gasteiger partial charge in [-0.25, -0.2) is 9.07 Å². The summed E-state index contributed by atoms with van der Waals surface area (Å²) in [6.45, 7) is 1.83. The van der Waals surface area contributed by atoms with E-state index in [1.54, 1.807) is 19.2 Å². The van der Waals surface area contributed by atoms with E-state index in [1.165, 1.54) is 10.7 Å². The maximum absolute atomic E-state index is 14.1. The summed E-state index contributed by atoms with van der Waals surface area (Å²) in [7, 11) is 1.72. The van der Waals surface area contributed by atoms with E-state index in [0.717, 1.165) is 5.69 Å². The van der Waals surface area contributed by atoms with Gasteiger partial charge in [0.1, 0.15) is 4.99 Å². The van der Waals surface area contributed by atoms with Crippen molar-refractivity contribution in [2.45, 2.75) is 6.92 Å². The summed E-state index contributed by atoms with van der Waals surface area (Å²) >= 11 is 7.96. The largest absolute Gasteiger partial charge is 0.436 e. The first kappa shape index (κ1) is 14.0. The molecule has 7 heteroatoms. The van der Waals surface area contributed by atoms with Crippen LogP contribution in [0.4, 0.5) is 4.39 Å². The topological polar surface area (TPSA) is 53.1 Å². The third-order valence-corrected chi connectivity index (χ3v) is 3.48. The van der Waals surface area contributed by atoms with E-state index in [2.05, 4.69) is 21.0 Å². The van der Waals surface area contributed by atoms with Gasteiger partial charge in [-0.15, -0.1) is 0 Å². The van der Waals surface area contributed by atoms with Crippen LogP contribution in [0.5, 0.6) is 11.6 Å². The van der Waals surface area contributed by atoms with Gasteiger partial charge < -0.3 is 10.5 Å². The Morgan fingerprint density at radius 1 is 1.53 bits per heavy atom. The summed E-state index contributed by atoms with van der Waals surface area (Å²) in [5.41, 5.74) is 6.71. The molecule has 0 fully saturated rings. The van der Waals surface area contributed by atoms with Crippen molar-refractivity contribution >= 4 is 33.1 Å². The highest BCUT2D eigenvalue weighted by atomic mass is 79.9. The van der Waals surface area contributed by atoms with Gasteiger partial charge in [0.25, 0.3) is 0 Å². The Kier molecular flexibility index (Phi) is 3.86. The highest BCUT2D eigenvalue weighted by Crippen LogP contribution is 2.31. The molecule has 2 N–H and O–H groups in total. The molecular weight excluding hydrogens is 333 g/mol. The summed E-state index contributed by atoms with van der Waals surface area (Å²) in [5.74, 6) is -0.0228. The first-order valence-electron chi connectivity index (χ1n) is 5.36. The Labute approximate surface area is 123 Å². The summed E-state index contributed by atoms with van der Waals surface area (Å²) in [6.07, 6.45) is 0. The summed E-state index contributed by atoms with van der Waals surface area (Å²) in [6, 6.07) is 4.81. The molecule has 2 rings (SSSR count). The number of thiocarbonyl (C=S) groups is 1. The Morgan fingerprint density at radius 2 is 2.21 bits per heavy atom. The zero-order valence-electron chi connectivity index (χ0n) is 10.3. The maximum atomic E-state index is 14.1. The average molecular weight is 344 g/mol. The number of halogens is 2. The predicted octanol–water partition coefficient (Wildman–Crippen LogP) is 3.06. The number of hydrogen-bond donors (Lipinski definition) is 1. The van der Waals surface area contributed by atoms with Gasteiger partial charge in [-0.2, -0.15) is 5.10 Å². The predicted molar refractivity (Wildman–Crippen MR) is 78.0 cm³/mol. The second-order valence-electron chi connectivity index (χ2n) is 3.95. The molecule has 4 nitrogen and oxygen atoms in total. The van der Waals surface area contributed by atoms with Crippen molar-refractivity contribution < 1.29 is 9.13 Å². The molecule has 0 amide bonds. The second-order valence-corrected chi connectivity index (χ2v) is 5.19. The van der Waals surface area contributed by atoms with Crippen LogP contribution in [0.15, 0.2) is 22.7 Å². The average Bonchev–Trinajstić information content (AvgIpc) is 2.63. The van der Waals surface area contributed by atoms with Crippen molar-refractivity contribution in [1.82, 2.24) is 9.78 Å². The second kappa shape index (κ2) is 5.26. The molecule has 0 radical (unpaired) electrons. The van der Waals surface area contributed by atoms with Crippen molar-refractivity contribution in [1.29, 1.82) is 0 Å². The molecule has 0 spiro atoms. The maximum Gasteiger partial charge on any atom is 0.217 e. The zero-order chi connectivity index (χ0) is 14.2. The molecule has 0 atom stereocenters. The van der Waals surface area contributed by atoms with Crippen LogP contribution in [-0.2, 0) is 7.05 Å². The third kappa shape index (κ3) is 2.76. The zero-order valence-corrected chi connectivity index (χ0v) is 12.7. The number of hydrogen-bond acceptors (Lipinski definition) is 3. The fourth-order valence-corrected chi connectivity index (χ4v) is 2.44. The minimum Gasteiger partial charge on any atom is -0.436 e. The Balaban J connectivity index is 2.39. The van der Waals surface area contributed by atoms with Crippen molar-refractivity contribution in [3.8, 4) is 11.6 Å². The number of aromatic nitrogens is 2. The molecule has 0 bridgehead atoms. The molecule has 0 aliphatic rings. The molecule has 0 saturated carbocycles. The van der Waals surface area contributed by atoms with Gasteiger partial charge in [-0.3, -0.25) is 0 Å². The lowest BCUT2D eigenvalue weighted by molar-refractivity contribution is 0.402. The summed E-state index contributed by atoms with van der Waals surface area (Å²) in [4.78, 5) is 0.119. The lowest BCUT2D eigenvalue weighted by atomic mass is 10.2. The van der Waals surface area contributed by atoms with Crippen LogP contribution in [-0.4, -0.2) is 14.8 Å². The first-order chi connectivity index (χ1) is 8.90. The molecule has 1 heterocycles. The standard InChI is InChI=1S/C12H11BrFN3OS/c1-6-5-9(17(2)16-6)18-8-4-3-7(12(15)19)10(13)11(8)14/h3-5H,1-2H3,(H2,15,19). The minimum absolute atomic E-state index is 0.0786. The van der Waals surface area contributed by atoms with Crippen LogP contribution in [0.25, 0.3) is 0 Å². The van der Waals surface area contributed by atoms with Gasteiger partial charge in [0, 0.05) is 18.7 Å². The van der Waals surface area contributed by atoms with Crippen LogP contribution in [0.2, 0.25) is 0 Å². The van der Waals surface area contributed by atoms with Gasteiger partial charge in [0.2, 0.25) is 5.88 Å². The normalized spacial score (nSPS) is 10.5. The van der Waals surface area contributed by atoms with Crippen LogP contribution in [0.1, 0.15) is 11.3 Å². The van der Waals surface area contributed by atoms with Gasteiger partial charge >= 0.3 is 0 Å². The number of ether oxygens (including phenoxy) is 1. The molecule has 1 aromatic carbocycles. The number of aryl methyl sites for hydroxylation is 2. The quantitative estimate of drug-likeness (QED) is 0.870. The van der Waals surface area contributed by atoms with E-state index in [4.69, 9.17) is 22.7 Å². The van der Waals surface area contributed by atoms with Gasteiger partial charge in [-0.1, -0.05) is 12.2 Å². The molecule has 0 unspecified atom stereocenters. The van der Waals surface area contributed by atoms with Crippen molar-refractivity contribution in [2.24, 2.45) is 12.8 Å². The van der Waals surface area contributed by atoms with E-state index < -0.39 is 5.82 Å². The molecule has 2 aromatic rings. The van der Waals surface area contributed by atoms with Crippen LogP contribution in [0.3, 0.4) is 0 Å². The lowest BCUT2D eigenvalue weighted by Crippen LogP contribution is -2.11. The first-order valence-corrected chi connectivity index (χ1v) is 6.56. The Morgan fingerprint density at radius 3 is 2.74 bits per heavy atom. The Hall–Kier alpha value is -1.47. The number of nitrogens with two attached hydrogens (primary N) is 1. The van der Waals surface area contributed by atoms with E-state index in [9.17, 15) is 4.39 Å². The number of benzene rings is 1. The molecule has 19 heavy (non-hydrogen) atoms. The van der Waals surface area contributed by atoms with Crippen LogP contribution >= 0.6 is 28.1 Å². The minimum atomic E-state index is -0.552. The molecule has 1 aromatic heterocycles. The number of nitrogens with zero attached hydrogens (tertiary/aromatic N) is 2. The summed E-state index contributed by atoms with van der Waals surface area (Å²) in [5, 5.41) is 4.12. The van der Waals surface area contributed by atoms with E-state index >= 15 is 0 Å².